The largest absolute Gasteiger partial charge is 0.352 e. The minimum Gasteiger partial charge on any atom is -0.352 e. The molecule has 1 N–H and O–H groups in total. The van der Waals surface area contributed by atoms with Gasteiger partial charge in [-0.05, 0) is 12.1 Å². The summed E-state index contributed by atoms with van der Waals surface area (Å²) in [4.78, 5) is 17.9. The highest BCUT2D eigenvalue weighted by Gasteiger charge is 2.02. The zero-order valence-electron chi connectivity index (χ0n) is 8.66. The smallest absolute Gasteiger partial charge is 0.175 e. The van der Waals surface area contributed by atoms with Gasteiger partial charge in [-0.15, -0.1) is 0 Å². The van der Waals surface area contributed by atoms with E-state index in [4.69, 9.17) is 0 Å². The molecule has 0 fully saturated rings. The van der Waals surface area contributed by atoms with Gasteiger partial charge in [0, 0.05) is 31.6 Å². The van der Waals surface area contributed by atoms with Crippen LogP contribution in [0.25, 0.3) is 10.9 Å². The molecule has 0 amide bonds. The number of aromatic nitrogens is 2. The van der Waals surface area contributed by atoms with Gasteiger partial charge >= 0.3 is 0 Å². The van der Waals surface area contributed by atoms with Gasteiger partial charge in [0.2, 0.25) is 0 Å². The van der Waals surface area contributed by atoms with Crippen molar-refractivity contribution in [3.63, 3.8) is 0 Å². The predicted octanol–water partition coefficient (Wildman–Crippen LogP) is 3.04. The maximum atomic E-state index is 11.0. The first-order valence-electron chi connectivity index (χ1n) is 4.71. The van der Waals surface area contributed by atoms with E-state index in [0.717, 1.165) is 10.9 Å². The molecular weight excluding hydrogens is 176 g/mol. The maximum Gasteiger partial charge on any atom is 0.175 e. The van der Waals surface area contributed by atoms with Crippen LogP contribution in [0.2, 0.25) is 0 Å². The number of H-pyrrole nitrogens is 1. The van der Waals surface area contributed by atoms with E-state index in [1.165, 1.54) is 6.92 Å². The Morgan fingerprint density at radius 2 is 2.21 bits per heavy atom. The monoisotopic (exact) mass is 192 g/mol. The lowest BCUT2D eigenvalue weighted by Crippen LogP contribution is -1.89. The first-order chi connectivity index (χ1) is 6.77. The number of fused-ring (bicyclic) bond motifs is 1. The van der Waals surface area contributed by atoms with Gasteiger partial charge in [0.05, 0.1) is 5.69 Å². The van der Waals surface area contributed by atoms with Gasteiger partial charge in [0.25, 0.3) is 0 Å². The molecule has 0 radical (unpaired) electrons. The second kappa shape index (κ2) is 4.56. The number of ketones is 1. The van der Waals surface area contributed by atoms with Crippen LogP contribution >= 0.6 is 0 Å². The van der Waals surface area contributed by atoms with E-state index in [-0.39, 0.29) is 7.21 Å². The van der Waals surface area contributed by atoms with Gasteiger partial charge in [0.15, 0.2) is 5.78 Å². The Morgan fingerprint density at radius 1 is 1.50 bits per heavy atom. The summed E-state index contributed by atoms with van der Waals surface area (Å²) in [6.45, 7) is 5.54. The van der Waals surface area contributed by atoms with Crippen molar-refractivity contribution in [2.75, 3.05) is 0 Å². The summed E-state index contributed by atoms with van der Waals surface area (Å²) in [5.74, 6) is 0.0474. The number of nitrogens with one attached hydrogen (secondary N) is 1. The van der Waals surface area contributed by atoms with Gasteiger partial charge < -0.3 is 4.98 Å². The van der Waals surface area contributed by atoms with Crippen LogP contribution in [0.5, 0.6) is 0 Å². The van der Waals surface area contributed by atoms with Crippen molar-refractivity contribution in [1.29, 1.82) is 0 Å². The zero-order chi connectivity index (χ0) is 10.6. The summed E-state index contributed by atoms with van der Waals surface area (Å²) in [7, 11) is 0. The second-order valence-electron chi connectivity index (χ2n) is 2.70. The molecule has 0 saturated heterocycles. The van der Waals surface area contributed by atoms with E-state index in [9.17, 15) is 4.79 Å². The highest BCUT2D eigenvalue weighted by atomic mass is 16.1. The van der Waals surface area contributed by atoms with E-state index in [1.54, 1.807) is 12.4 Å². The van der Waals surface area contributed by atoms with Gasteiger partial charge in [0.1, 0.15) is 0 Å². The van der Waals surface area contributed by atoms with Crippen LogP contribution in [-0.2, 0) is 0 Å². The second-order valence-corrected chi connectivity index (χ2v) is 2.70. The highest BCUT2D eigenvalue weighted by Crippen LogP contribution is 2.13. The molecule has 3 nitrogen and oxygen atoms in total. The number of rotatable bonds is 1. The third-order valence-corrected chi connectivity index (χ3v) is 1.80. The molecule has 14 heavy (non-hydrogen) atoms. The van der Waals surface area contributed by atoms with Crippen LogP contribution in [0.4, 0.5) is 0 Å². The molecule has 0 atom stereocenters. The van der Waals surface area contributed by atoms with Crippen LogP contribution < -0.4 is 0 Å². The Hall–Kier alpha value is -1.64. The summed E-state index contributed by atoms with van der Waals surface area (Å²) < 4.78 is 0. The molecule has 0 spiro atoms. The lowest BCUT2D eigenvalue weighted by molar-refractivity contribution is 0.101. The number of carbonyl (C=O) groups excluding carboxylic acids is 1. The summed E-state index contributed by atoms with van der Waals surface area (Å²) in [6.07, 6.45) is 3.43. The molecule has 0 aromatic carbocycles. The summed E-state index contributed by atoms with van der Waals surface area (Å²) in [5.41, 5.74) is 1.59. The maximum absolute atomic E-state index is 11.0. The topological polar surface area (TPSA) is 45.8 Å². The van der Waals surface area contributed by atoms with Crippen molar-refractivity contribution < 1.29 is 6.22 Å². The van der Waals surface area contributed by atoms with Crippen LogP contribution in [0.15, 0.2) is 24.5 Å². The fourth-order valence-corrected chi connectivity index (χ4v) is 1.16. The Labute approximate surface area is 84.7 Å². The quantitative estimate of drug-likeness (QED) is 0.706. The molecule has 0 saturated carbocycles. The standard InChI is InChI=1S/C9H8N2O.C2H6.H2/c1-6(12)9-4-7-5-10-3-2-8(7)11-9;1-2;/h2-5,11H,1H3;1-2H3;1H. The van der Waals surface area contributed by atoms with Gasteiger partial charge in [-0.25, -0.2) is 0 Å². The number of aromatic amines is 1. The summed E-state index contributed by atoms with van der Waals surface area (Å²) >= 11 is 0. The number of carbonyl (C=O) groups is 1. The molecule has 76 valence electrons. The SMILES string of the molecule is CC.CC(=O)c1cc2cnccc2[nH]1.[HH]. The fraction of sp³-hybridized carbons (Fsp3) is 0.273. The van der Waals surface area contributed by atoms with Crippen LogP contribution in [-0.4, -0.2) is 15.8 Å². The van der Waals surface area contributed by atoms with Gasteiger partial charge in [-0.1, -0.05) is 13.8 Å². The highest BCUT2D eigenvalue weighted by molar-refractivity contribution is 5.97. The van der Waals surface area contributed by atoms with Gasteiger partial charge in [-0.2, -0.15) is 0 Å². The Bertz CT molecular complexity index is 404. The molecular formula is C11H16N2O. The lowest BCUT2D eigenvalue weighted by atomic mass is 10.3. The number of hydrogen-bond acceptors (Lipinski definition) is 2. The minimum absolute atomic E-state index is 0. The molecule has 3 heteroatoms. The van der Waals surface area contributed by atoms with Crippen molar-refractivity contribution in [3.05, 3.63) is 30.2 Å². The van der Waals surface area contributed by atoms with E-state index in [0.29, 0.717) is 5.69 Å². The molecule has 2 heterocycles. The molecule has 0 unspecified atom stereocenters. The molecule has 0 aliphatic heterocycles. The first-order valence-corrected chi connectivity index (χ1v) is 4.71. The normalized spacial score (nSPS) is 9.36. The summed E-state index contributed by atoms with van der Waals surface area (Å²) in [5, 5.41) is 0.975. The molecule has 2 rings (SSSR count). The minimum atomic E-state index is 0. The van der Waals surface area contributed by atoms with Crippen LogP contribution in [0.3, 0.4) is 0 Å². The van der Waals surface area contributed by atoms with E-state index < -0.39 is 0 Å². The fourth-order valence-electron chi connectivity index (χ4n) is 1.16. The van der Waals surface area contributed by atoms with Crippen molar-refractivity contribution in [2.24, 2.45) is 0 Å². The Morgan fingerprint density at radius 3 is 2.79 bits per heavy atom. The third kappa shape index (κ3) is 1.99. The number of nitrogens with zero attached hydrogens (tertiary/aromatic N) is 1. The molecule has 2 aromatic heterocycles. The number of hydrogen-bond donors (Lipinski definition) is 1. The molecule has 0 aliphatic rings. The molecule has 2 aromatic rings. The Balaban J connectivity index is 0.000000617. The van der Waals surface area contributed by atoms with Crippen molar-refractivity contribution in [2.45, 2.75) is 20.8 Å². The van der Waals surface area contributed by atoms with E-state index in [2.05, 4.69) is 9.97 Å². The lowest BCUT2D eigenvalue weighted by Gasteiger charge is -1.84. The number of pyridine rings is 1. The van der Waals surface area contributed by atoms with Crippen molar-refractivity contribution in [1.82, 2.24) is 9.97 Å². The van der Waals surface area contributed by atoms with Crippen LogP contribution in [0.1, 0.15) is 32.7 Å². The van der Waals surface area contributed by atoms with Crippen LogP contribution in [0, 0.1) is 0 Å². The molecule has 0 bridgehead atoms. The van der Waals surface area contributed by atoms with Crippen molar-refractivity contribution in [3.8, 4) is 0 Å². The average molecular weight is 192 g/mol. The van der Waals surface area contributed by atoms with E-state index >= 15 is 0 Å². The molecule has 0 aliphatic carbocycles. The summed E-state index contributed by atoms with van der Waals surface area (Å²) in [6, 6.07) is 3.66. The predicted molar refractivity (Wildman–Crippen MR) is 59.6 cm³/mol. The zero-order valence-corrected chi connectivity index (χ0v) is 8.66. The van der Waals surface area contributed by atoms with E-state index in [1.807, 2.05) is 26.0 Å². The third-order valence-electron chi connectivity index (χ3n) is 1.80. The number of Topliss-reactive ketones (excluding diaryl/α,β-unsaturated/α-hetero) is 1. The Kier molecular flexibility index (Phi) is 3.40. The van der Waals surface area contributed by atoms with Crippen molar-refractivity contribution >= 4 is 16.7 Å². The average Bonchev–Trinajstić information content (AvgIpc) is 2.64. The first kappa shape index (κ1) is 10.4. The van der Waals surface area contributed by atoms with Gasteiger partial charge in [-0.3, -0.25) is 9.78 Å².